The fourth-order valence-electron chi connectivity index (χ4n) is 1.92. The van der Waals surface area contributed by atoms with Crippen molar-refractivity contribution in [3.8, 4) is 0 Å². The number of carboxylic acid groups (broad SMARTS) is 1. The van der Waals surface area contributed by atoms with Crippen LogP contribution in [0.3, 0.4) is 0 Å². The zero-order valence-corrected chi connectivity index (χ0v) is 13.6. The second kappa shape index (κ2) is 7.52. The minimum absolute atomic E-state index is 0.0364. The number of nitrogens with zero attached hydrogens (tertiary/aromatic N) is 1. The van der Waals surface area contributed by atoms with Gasteiger partial charge in [-0.15, -0.1) is 0 Å². The Balaban J connectivity index is 3.12. The summed E-state index contributed by atoms with van der Waals surface area (Å²) >= 11 is 11.8. The van der Waals surface area contributed by atoms with Crippen molar-refractivity contribution in [1.29, 1.82) is 0 Å². The first kappa shape index (κ1) is 17.6. The number of anilines is 1. The molecule has 0 aromatic heterocycles. The van der Waals surface area contributed by atoms with Gasteiger partial charge in [0.05, 0.1) is 16.3 Å². The van der Waals surface area contributed by atoms with E-state index in [1.165, 1.54) is 12.1 Å². The van der Waals surface area contributed by atoms with Crippen LogP contribution in [-0.2, 0) is 0 Å². The van der Waals surface area contributed by atoms with E-state index in [1.54, 1.807) is 4.90 Å². The smallest absolute Gasteiger partial charge is 0.337 e. The van der Waals surface area contributed by atoms with E-state index < -0.39 is 12.0 Å². The third-order valence-electron chi connectivity index (χ3n) is 3.24. The van der Waals surface area contributed by atoms with Gasteiger partial charge in [0.1, 0.15) is 0 Å². The van der Waals surface area contributed by atoms with E-state index in [4.69, 9.17) is 23.2 Å². The molecule has 1 rings (SSSR count). The second-order valence-electron chi connectivity index (χ2n) is 4.59. The predicted octanol–water partition coefficient (Wildman–Crippen LogP) is 4.34. The van der Waals surface area contributed by atoms with Gasteiger partial charge in [-0.25, -0.2) is 9.59 Å². The number of amides is 2. The Morgan fingerprint density at radius 3 is 2.43 bits per heavy atom. The van der Waals surface area contributed by atoms with Crippen LogP contribution >= 0.6 is 23.2 Å². The van der Waals surface area contributed by atoms with E-state index in [0.717, 1.165) is 6.42 Å². The summed E-state index contributed by atoms with van der Waals surface area (Å²) in [5, 5.41) is 12.1. The first-order valence-electron chi connectivity index (χ1n) is 6.61. The molecule has 1 atom stereocenters. The number of carboxylic acids is 1. The van der Waals surface area contributed by atoms with Crippen LogP contribution in [-0.4, -0.2) is 34.6 Å². The summed E-state index contributed by atoms with van der Waals surface area (Å²) in [6, 6.07) is 2.29. The lowest BCUT2D eigenvalue weighted by atomic mass is 10.1. The third-order valence-corrected chi connectivity index (χ3v) is 3.76. The lowest BCUT2D eigenvalue weighted by Gasteiger charge is -2.27. The summed E-state index contributed by atoms with van der Waals surface area (Å²) < 4.78 is 0. The monoisotopic (exact) mass is 332 g/mol. The third kappa shape index (κ3) is 4.25. The Kier molecular flexibility index (Phi) is 6.30. The molecule has 0 aliphatic rings. The number of benzene rings is 1. The summed E-state index contributed by atoms with van der Waals surface area (Å²) in [5.74, 6) is -1.21. The Morgan fingerprint density at radius 2 is 1.95 bits per heavy atom. The Hall–Kier alpha value is -1.46. The van der Waals surface area contributed by atoms with Crippen molar-refractivity contribution in [3.05, 3.63) is 27.7 Å². The van der Waals surface area contributed by atoms with Gasteiger partial charge in [-0.05, 0) is 32.4 Å². The molecule has 0 radical (unpaired) electrons. The van der Waals surface area contributed by atoms with Crippen LogP contribution < -0.4 is 5.32 Å². The minimum Gasteiger partial charge on any atom is -0.478 e. The molecule has 0 bridgehead atoms. The average Bonchev–Trinajstić information content (AvgIpc) is 2.41. The number of hydrogen-bond donors (Lipinski definition) is 2. The van der Waals surface area contributed by atoms with Crippen molar-refractivity contribution in [1.82, 2.24) is 4.90 Å². The molecular weight excluding hydrogens is 315 g/mol. The molecule has 1 unspecified atom stereocenters. The van der Waals surface area contributed by atoms with Crippen LogP contribution in [0.25, 0.3) is 0 Å². The molecule has 0 heterocycles. The van der Waals surface area contributed by atoms with E-state index in [-0.39, 0.29) is 27.3 Å². The Bertz CT molecular complexity index is 549. The molecule has 7 heteroatoms. The van der Waals surface area contributed by atoms with Crippen molar-refractivity contribution in [2.45, 2.75) is 33.2 Å². The molecule has 0 saturated heterocycles. The van der Waals surface area contributed by atoms with Gasteiger partial charge in [-0.3, -0.25) is 0 Å². The van der Waals surface area contributed by atoms with E-state index in [2.05, 4.69) is 5.32 Å². The molecule has 116 valence electrons. The van der Waals surface area contributed by atoms with Gasteiger partial charge in [-0.1, -0.05) is 30.1 Å². The highest BCUT2D eigenvalue weighted by atomic mass is 35.5. The summed E-state index contributed by atoms with van der Waals surface area (Å²) in [7, 11) is 0. The molecular formula is C14H18Cl2N2O3. The molecule has 21 heavy (non-hydrogen) atoms. The van der Waals surface area contributed by atoms with Gasteiger partial charge >= 0.3 is 12.0 Å². The minimum atomic E-state index is -1.21. The van der Waals surface area contributed by atoms with E-state index in [1.807, 2.05) is 20.8 Å². The summed E-state index contributed by atoms with van der Waals surface area (Å²) in [6.45, 7) is 6.25. The maximum atomic E-state index is 12.3. The van der Waals surface area contributed by atoms with Gasteiger partial charge in [0.25, 0.3) is 0 Å². The van der Waals surface area contributed by atoms with Gasteiger partial charge in [0.2, 0.25) is 0 Å². The fraction of sp³-hybridized carbons (Fsp3) is 0.429. The van der Waals surface area contributed by atoms with Crippen molar-refractivity contribution in [3.63, 3.8) is 0 Å². The topological polar surface area (TPSA) is 69.6 Å². The van der Waals surface area contributed by atoms with Crippen LogP contribution in [0.4, 0.5) is 10.5 Å². The molecule has 1 aromatic carbocycles. The number of hydrogen-bond acceptors (Lipinski definition) is 2. The SMILES string of the molecule is CCC(C)N(CC)C(=O)Nc1c(Cl)cc(Cl)cc1C(=O)O. The molecule has 0 fully saturated rings. The Labute approximate surface area is 133 Å². The van der Waals surface area contributed by atoms with Gasteiger partial charge in [-0.2, -0.15) is 0 Å². The molecule has 0 saturated carbocycles. The molecule has 2 amide bonds. The number of carbonyl (C=O) groups excluding carboxylic acids is 1. The van der Waals surface area contributed by atoms with Crippen LogP contribution in [0, 0.1) is 0 Å². The highest BCUT2D eigenvalue weighted by Crippen LogP contribution is 2.30. The highest BCUT2D eigenvalue weighted by Gasteiger charge is 2.22. The maximum Gasteiger partial charge on any atom is 0.337 e. The van der Waals surface area contributed by atoms with Crippen LogP contribution in [0.1, 0.15) is 37.6 Å². The quantitative estimate of drug-likeness (QED) is 0.842. The molecule has 5 nitrogen and oxygen atoms in total. The Morgan fingerprint density at radius 1 is 1.33 bits per heavy atom. The summed E-state index contributed by atoms with van der Waals surface area (Å²) in [6.07, 6.45) is 0.793. The van der Waals surface area contributed by atoms with Gasteiger partial charge in [0.15, 0.2) is 0 Å². The van der Waals surface area contributed by atoms with E-state index in [9.17, 15) is 14.7 Å². The van der Waals surface area contributed by atoms with Crippen molar-refractivity contribution >= 4 is 40.9 Å². The second-order valence-corrected chi connectivity index (χ2v) is 5.43. The normalized spacial score (nSPS) is 11.9. The number of aromatic carboxylic acids is 1. The summed E-state index contributed by atoms with van der Waals surface area (Å²) in [5.41, 5.74) is -0.0821. The lowest BCUT2D eigenvalue weighted by molar-refractivity contribution is 0.0698. The molecule has 0 aliphatic heterocycles. The van der Waals surface area contributed by atoms with Crippen molar-refractivity contribution in [2.75, 3.05) is 11.9 Å². The first-order valence-corrected chi connectivity index (χ1v) is 7.37. The lowest BCUT2D eigenvalue weighted by Crippen LogP contribution is -2.41. The molecule has 2 N–H and O–H groups in total. The van der Waals surface area contributed by atoms with E-state index in [0.29, 0.717) is 6.54 Å². The molecule has 0 aliphatic carbocycles. The highest BCUT2D eigenvalue weighted by molar-refractivity contribution is 6.37. The number of urea groups is 1. The van der Waals surface area contributed by atoms with Gasteiger partial charge in [0, 0.05) is 17.6 Å². The van der Waals surface area contributed by atoms with Crippen LogP contribution in [0.2, 0.25) is 10.0 Å². The standard InChI is InChI=1S/C14H18Cl2N2O3/c1-4-8(3)18(5-2)14(21)17-12-10(13(19)20)6-9(15)7-11(12)16/h6-8H,4-5H2,1-3H3,(H,17,21)(H,19,20). The van der Waals surface area contributed by atoms with Crippen molar-refractivity contribution in [2.24, 2.45) is 0 Å². The van der Waals surface area contributed by atoms with E-state index >= 15 is 0 Å². The fourth-order valence-corrected chi connectivity index (χ4v) is 2.46. The number of carbonyl (C=O) groups is 2. The first-order chi connectivity index (χ1) is 9.81. The van der Waals surface area contributed by atoms with Crippen LogP contribution in [0.5, 0.6) is 0 Å². The summed E-state index contributed by atoms with van der Waals surface area (Å²) in [4.78, 5) is 25.1. The number of nitrogens with one attached hydrogen (secondary N) is 1. The molecule has 0 spiro atoms. The molecule has 1 aromatic rings. The largest absolute Gasteiger partial charge is 0.478 e. The zero-order chi connectivity index (χ0) is 16.2. The average molecular weight is 333 g/mol. The number of rotatable bonds is 5. The van der Waals surface area contributed by atoms with Gasteiger partial charge < -0.3 is 15.3 Å². The van der Waals surface area contributed by atoms with Crippen LogP contribution in [0.15, 0.2) is 12.1 Å². The zero-order valence-electron chi connectivity index (χ0n) is 12.1. The predicted molar refractivity (Wildman–Crippen MR) is 84.6 cm³/mol. The van der Waals surface area contributed by atoms with Crippen molar-refractivity contribution < 1.29 is 14.7 Å². The number of halogens is 2. The maximum absolute atomic E-state index is 12.3.